The number of nitrogens with one attached hydrogen (secondary N) is 2. The van der Waals surface area contributed by atoms with Gasteiger partial charge in [-0.25, -0.2) is 4.39 Å². The van der Waals surface area contributed by atoms with Crippen molar-refractivity contribution in [3.8, 4) is 11.5 Å². The maximum atomic E-state index is 13.2. The van der Waals surface area contributed by atoms with Crippen molar-refractivity contribution in [3.63, 3.8) is 0 Å². The van der Waals surface area contributed by atoms with Gasteiger partial charge in [0.1, 0.15) is 30.0 Å². The summed E-state index contributed by atoms with van der Waals surface area (Å²) in [5.74, 6) is 1.66. The quantitative estimate of drug-likeness (QED) is 0.372. The lowest BCUT2D eigenvalue weighted by molar-refractivity contribution is 0.146. The number of methoxy groups -OCH3 is 1. The molecule has 0 aliphatic carbocycles. The first-order chi connectivity index (χ1) is 13.6. The minimum absolute atomic E-state index is 0.149. The molecule has 0 amide bonds. The van der Waals surface area contributed by atoms with Crippen molar-refractivity contribution in [1.82, 2.24) is 10.6 Å². The molecule has 28 heavy (non-hydrogen) atoms. The highest BCUT2D eigenvalue weighted by Crippen LogP contribution is 2.14. The molecule has 0 spiro atoms. The van der Waals surface area contributed by atoms with E-state index >= 15 is 0 Å². The SMILES string of the molecule is CN=C(NCc1ccc(OCCOC)cc1)NCC(C)Oc1cccc(F)c1. The molecule has 6 nitrogen and oxygen atoms in total. The highest BCUT2D eigenvalue weighted by molar-refractivity contribution is 5.79. The third-order valence-electron chi connectivity index (χ3n) is 3.85. The van der Waals surface area contributed by atoms with Crippen LogP contribution in [0.15, 0.2) is 53.5 Å². The Balaban J connectivity index is 1.73. The third kappa shape index (κ3) is 7.84. The average Bonchev–Trinajstić information content (AvgIpc) is 2.69. The molecule has 2 rings (SSSR count). The third-order valence-corrected chi connectivity index (χ3v) is 3.85. The Morgan fingerprint density at radius 3 is 2.54 bits per heavy atom. The van der Waals surface area contributed by atoms with Crippen molar-refractivity contribution in [3.05, 3.63) is 59.9 Å². The molecule has 0 aliphatic heterocycles. The molecule has 0 aliphatic rings. The Hall–Kier alpha value is -2.80. The Morgan fingerprint density at radius 2 is 1.86 bits per heavy atom. The first-order valence-electron chi connectivity index (χ1n) is 9.18. The minimum atomic E-state index is -0.315. The molecular weight excluding hydrogens is 361 g/mol. The number of guanidine groups is 1. The van der Waals surface area contributed by atoms with Gasteiger partial charge >= 0.3 is 0 Å². The number of benzene rings is 2. The van der Waals surface area contributed by atoms with E-state index in [1.165, 1.54) is 12.1 Å². The van der Waals surface area contributed by atoms with E-state index < -0.39 is 0 Å². The largest absolute Gasteiger partial charge is 0.491 e. The second-order valence-electron chi connectivity index (χ2n) is 6.18. The molecule has 2 aromatic carbocycles. The molecule has 0 aromatic heterocycles. The molecule has 1 atom stereocenters. The van der Waals surface area contributed by atoms with Gasteiger partial charge < -0.3 is 24.8 Å². The van der Waals surface area contributed by atoms with Crippen molar-refractivity contribution in [2.45, 2.75) is 19.6 Å². The van der Waals surface area contributed by atoms with Crippen molar-refractivity contribution < 1.29 is 18.6 Å². The lowest BCUT2D eigenvalue weighted by Gasteiger charge is -2.18. The fourth-order valence-electron chi connectivity index (χ4n) is 2.41. The van der Waals surface area contributed by atoms with E-state index in [1.807, 2.05) is 31.2 Å². The summed E-state index contributed by atoms with van der Waals surface area (Å²) in [6.07, 6.45) is -0.149. The molecule has 0 radical (unpaired) electrons. The summed E-state index contributed by atoms with van der Waals surface area (Å²) in [5, 5.41) is 6.45. The fourth-order valence-corrected chi connectivity index (χ4v) is 2.41. The zero-order valence-corrected chi connectivity index (χ0v) is 16.6. The topological polar surface area (TPSA) is 64.1 Å². The maximum absolute atomic E-state index is 13.2. The van der Waals surface area contributed by atoms with E-state index in [1.54, 1.807) is 26.3 Å². The lowest BCUT2D eigenvalue weighted by Crippen LogP contribution is -2.41. The molecule has 0 saturated carbocycles. The van der Waals surface area contributed by atoms with Crippen LogP contribution >= 0.6 is 0 Å². The Labute approximate surface area is 165 Å². The number of hydrogen-bond donors (Lipinski definition) is 2. The van der Waals surface area contributed by atoms with Gasteiger partial charge in [0, 0.05) is 26.8 Å². The molecular formula is C21H28FN3O3. The second-order valence-corrected chi connectivity index (χ2v) is 6.18. The van der Waals surface area contributed by atoms with Gasteiger partial charge in [0.05, 0.1) is 13.2 Å². The van der Waals surface area contributed by atoms with E-state index in [9.17, 15) is 4.39 Å². The highest BCUT2D eigenvalue weighted by Gasteiger charge is 2.06. The Kier molecular flexibility index (Phi) is 9.07. The van der Waals surface area contributed by atoms with Gasteiger partial charge in [0.25, 0.3) is 0 Å². The van der Waals surface area contributed by atoms with Crippen LogP contribution in [0.3, 0.4) is 0 Å². The van der Waals surface area contributed by atoms with Crippen molar-refractivity contribution in [2.75, 3.05) is 33.9 Å². The van der Waals surface area contributed by atoms with Crippen LogP contribution in [-0.4, -0.2) is 46.0 Å². The fraction of sp³-hybridized carbons (Fsp3) is 0.381. The summed E-state index contributed by atoms with van der Waals surface area (Å²) >= 11 is 0. The van der Waals surface area contributed by atoms with Gasteiger partial charge in [-0.2, -0.15) is 0 Å². The first-order valence-corrected chi connectivity index (χ1v) is 9.18. The van der Waals surface area contributed by atoms with Crippen molar-refractivity contribution >= 4 is 5.96 Å². The summed E-state index contributed by atoms with van der Waals surface area (Å²) in [5.41, 5.74) is 1.10. The molecule has 7 heteroatoms. The number of halogens is 1. The molecule has 0 bridgehead atoms. The van der Waals surface area contributed by atoms with Crippen LogP contribution in [-0.2, 0) is 11.3 Å². The van der Waals surface area contributed by atoms with Gasteiger partial charge in [-0.1, -0.05) is 18.2 Å². The summed E-state index contributed by atoms with van der Waals surface area (Å²) in [6, 6.07) is 14.0. The minimum Gasteiger partial charge on any atom is -0.491 e. The standard InChI is InChI=1S/C21H28FN3O3/c1-16(28-20-6-4-5-18(22)13-20)14-24-21(23-2)25-15-17-7-9-19(10-8-17)27-12-11-26-3/h4-10,13,16H,11-12,14-15H2,1-3H3,(H2,23,24,25). The van der Waals surface area contributed by atoms with Gasteiger partial charge in [-0.05, 0) is 36.8 Å². The van der Waals surface area contributed by atoms with Crippen molar-refractivity contribution in [1.29, 1.82) is 0 Å². The van der Waals surface area contributed by atoms with Crippen LogP contribution in [0.4, 0.5) is 4.39 Å². The predicted molar refractivity (Wildman–Crippen MR) is 109 cm³/mol. The number of aliphatic imine (C=N–C) groups is 1. The van der Waals surface area contributed by atoms with Crippen LogP contribution in [0.5, 0.6) is 11.5 Å². The maximum Gasteiger partial charge on any atom is 0.191 e. The van der Waals surface area contributed by atoms with Crippen LogP contribution in [0, 0.1) is 5.82 Å². The second kappa shape index (κ2) is 11.8. The smallest absolute Gasteiger partial charge is 0.191 e. The monoisotopic (exact) mass is 389 g/mol. The molecule has 1 unspecified atom stereocenters. The van der Waals surface area contributed by atoms with E-state index in [0.29, 0.717) is 38.0 Å². The molecule has 2 aromatic rings. The van der Waals surface area contributed by atoms with Crippen LogP contribution in [0.25, 0.3) is 0 Å². The summed E-state index contributed by atoms with van der Waals surface area (Å²) in [7, 11) is 3.35. The number of hydrogen-bond acceptors (Lipinski definition) is 4. The Bertz CT molecular complexity index is 738. The van der Waals surface area contributed by atoms with E-state index in [0.717, 1.165) is 11.3 Å². The van der Waals surface area contributed by atoms with E-state index in [-0.39, 0.29) is 11.9 Å². The lowest BCUT2D eigenvalue weighted by atomic mass is 10.2. The Morgan fingerprint density at radius 1 is 1.07 bits per heavy atom. The van der Waals surface area contributed by atoms with Gasteiger partial charge in [0.2, 0.25) is 0 Å². The normalized spacial score (nSPS) is 12.4. The van der Waals surface area contributed by atoms with E-state index in [2.05, 4.69) is 15.6 Å². The zero-order valence-electron chi connectivity index (χ0n) is 16.6. The summed E-state index contributed by atoms with van der Waals surface area (Å²) in [6.45, 7) is 4.15. The van der Waals surface area contributed by atoms with E-state index in [4.69, 9.17) is 14.2 Å². The molecule has 152 valence electrons. The van der Waals surface area contributed by atoms with Gasteiger partial charge in [-0.15, -0.1) is 0 Å². The summed E-state index contributed by atoms with van der Waals surface area (Å²) < 4.78 is 29.4. The number of rotatable bonds is 10. The average molecular weight is 389 g/mol. The van der Waals surface area contributed by atoms with Crippen molar-refractivity contribution in [2.24, 2.45) is 4.99 Å². The van der Waals surface area contributed by atoms with Gasteiger partial charge in [0.15, 0.2) is 5.96 Å². The molecule has 2 N–H and O–H groups in total. The molecule has 0 heterocycles. The predicted octanol–water partition coefficient (Wildman–Crippen LogP) is 2.98. The number of nitrogens with zero attached hydrogens (tertiary/aromatic N) is 1. The van der Waals surface area contributed by atoms with Gasteiger partial charge in [-0.3, -0.25) is 4.99 Å². The highest BCUT2D eigenvalue weighted by atomic mass is 19.1. The van der Waals surface area contributed by atoms with Crippen LogP contribution in [0.1, 0.15) is 12.5 Å². The first kappa shape index (κ1) is 21.5. The van der Waals surface area contributed by atoms with Crippen LogP contribution in [0.2, 0.25) is 0 Å². The molecule has 0 fully saturated rings. The zero-order chi connectivity index (χ0) is 20.2. The summed E-state index contributed by atoms with van der Waals surface area (Å²) in [4.78, 5) is 4.20. The molecule has 0 saturated heterocycles. The van der Waals surface area contributed by atoms with Crippen LogP contribution < -0.4 is 20.1 Å². The number of ether oxygens (including phenoxy) is 3.